The van der Waals surface area contributed by atoms with Crippen molar-refractivity contribution in [1.29, 1.82) is 0 Å². The molecule has 6 nitrogen and oxygen atoms in total. The average molecular weight is 403 g/mol. The molecule has 1 aliphatic carbocycles. The molecule has 0 aliphatic heterocycles. The number of carbonyl (C=O) groups excluding carboxylic acids is 1. The maximum atomic E-state index is 12.8. The number of benzene rings is 1. The van der Waals surface area contributed by atoms with Crippen LogP contribution in [0.4, 0.5) is 0 Å². The number of sulfonamides is 1. The molecular weight excluding hydrogens is 376 g/mol. The fourth-order valence-electron chi connectivity index (χ4n) is 3.18. The number of hydrogen-bond donors (Lipinski definition) is 1. The number of hydrogen-bond acceptors (Lipinski definition) is 4. The van der Waals surface area contributed by atoms with E-state index in [2.05, 4.69) is 5.32 Å². The van der Waals surface area contributed by atoms with Crippen LogP contribution in [0, 0.1) is 0 Å². The predicted molar refractivity (Wildman–Crippen MR) is 102 cm³/mol. The second kappa shape index (κ2) is 9.58. The Balaban J connectivity index is 2.04. The molecule has 0 atom stereocenters. The molecule has 1 N–H and O–H groups in total. The third-order valence-corrected chi connectivity index (χ3v) is 6.71. The lowest BCUT2D eigenvalue weighted by Gasteiger charge is -2.23. The Hall–Kier alpha value is -1.31. The molecule has 0 unspecified atom stereocenters. The Bertz CT molecular complexity index is 716. The van der Waals surface area contributed by atoms with Gasteiger partial charge in [0.2, 0.25) is 15.9 Å². The lowest BCUT2D eigenvalue weighted by Crippen LogP contribution is -2.43. The third-order valence-electron chi connectivity index (χ3n) is 4.65. The summed E-state index contributed by atoms with van der Waals surface area (Å²) in [5.74, 6) is -0.0932. The van der Waals surface area contributed by atoms with E-state index in [1.807, 2.05) is 0 Å². The van der Waals surface area contributed by atoms with Crippen molar-refractivity contribution in [2.24, 2.45) is 0 Å². The lowest BCUT2D eigenvalue weighted by molar-refractivity contribution is -0.121. The Morgan fingerprint density at radius 3 is 2.46 bits per heavy atom. The number of nitrogens with zero attached hydrogens (tertiary/aromatic N) is 1. The molecule has 2 rings (SSSR count). The van der Waals surface area contributed by atoms with Crippen molar-refractivity contribution in [3.63, 3.8) is 0 Å². The van der Waals surface area contributed by atoms with Gasteiger partial charge in [0, 0.05) is 18.1 Å². The number of methoxy groups -OCH3 is 1. The summed E-state index contributed by atoms with van der Waals surface area (Å²) in [5.41, 5.74) is 0. The fraction of sp³-hybridized carbons (Fsp3) is 0.611. The number of rotatable bonds is 6. The van der Waals surface area contributed by atoms with Crippen molar-refractivity contribution in [1.82, 2.24) is 9.62 Å². The third kappa shape index (κ3) is 5.59. The first-order valence-corrected chi connectivity index (χ1v) is 10.8. The van der Waals surface area contributed by atoms with Crippen LogP contribution in [-0.2, 0) is 14.8 Å². The highest BCUT2D eigenvalue weighted by atomic mass is 35.5. The van der Waals surface area contributed by atoms with Crippen LogP contribution in [0.3, 0.4) is 0 Å². The Kier molecular flexibility index (Phi) is 7.73. The van der Waals surface area contributed by atoms with Crippen molar-refractivity contribution in [3.8, 4) is 5.75 Å². The molecule has 1 aromatic rings. The van der Waals surface area contributed by atoms with E-state index in [4.69, 9.17) is 16.3 Å². The van der Waals surface area contributed by atoms with Gasteiger partial charge in [-0.15, -0.1) is 0 Å². The minimum atomic E-state index is -3.89. The first-order valence-electron chi connectivity index (χ1n) is 8.94. The molecule has 26 heavy (non-hydrogen) atoms. The minimum Gasteiger partial charge on any atom is -0.495 e. The Morgan fingerprint density at radius 1 is 1.23 bits per heavy atom. The van der Waals surface area contributed by atoms with Crippen LogP contribution in [-0.4, -0.2) is 45.4 Å². The van der Waals surface area contributed by atoms with Crippen LogP contribution in [0.1, 0.15) is 44.9 Å². The van der Waals surface area contributed by atoms with E-state index in [1.54, 1.807) is 6.07 Å². The molecule has 1 aromatic carbocycles. The molecule has 0 spiro atoms. The van der Waals surface area contributed by atoms with E-state index in [0.29, 0.717) is 0 Å². The largest absolute Gasteiger partial charge is 0.495 e. The molecule has 1 aliphatic rings. The van der Waals surface area contributed by atoms with Crippen LogP contribution in [0.25, 0.3) is 0 Å². The van der Waals surface area contributed by atoms with Crippen molar-refractivity contribution in [2.75, 3.05) is 20.7 Å². The summed E-state index contributed by atoms with van der Waals surface area (Å²) in [6, 6.07) is 4.51. The van der Waals surface area contributed by atoms with E-state index in [0.717, 1.165) is 30.0 Å². The zero-order valence-corrected chi connectivity index (χ0v) is 16.9. The number of likely N-dealkylation sites (N-methyl/N-ethyl adjacent to an activating group) is 1. The van der Waals surface area contributed by atoms with Crippen molar-refractivity contribution in [2.45, 2.75) is 55.9 Å². The molecule has 0 heterocycles. The van der Waals surface area contributed by atoms with Crippen molar-refractivity contribution < 1.29 is 17.9 Å². The van der Waals surface area contributed by atoms with Gasteiger partial charge in [0.25, 0.3) is 0 Å². The van der Waals surface area contributed by atoms with E-state index in [-0.39, 0.29) is 34.2 Å². The van der Waals surface area contributed by atoms with E-state index >= 15 is 0 Å². The van der Waals surface area contributed by atoms with Gasteiger partial charge in [-0.3, -0.25) is 4.79 Å². The second-order valence-electron chi connectivity index (χ2n) is 6.67. The molecule has 1 saturated carbocycles. The van der Waals surface area contributed by atoms with Crippen LogP contribution in [0.2, 0.25) is 5.02 Å². The smallest absolute Gasteiger partial charge is 0.247 e. The Labute approximate surface area is 160 Å². The number of carbonyl (C=O) groups is 1. The molecular formula is C18H27ClN2O4S. The van der Waals surface area contributed by atoms with Gasteiger partial charge in [0.15, 0.2) is 0 Å². The summed E-state index contributed by atoms with van der Waals surface area (Å²) in [6.07, 6.45) is 7.72. The summed E-state index contributed by atoms with van der Waals surface area (Å²) in [6.45, 7) is -0.242. The highest BCUT2D eigenvalue weighted by molar-refractivity contribution is 7.89. The van der Waals surface area contributed by atoms with Crippen molar-refractivity contribution >= 4 is 27.5 Å². The molecule has 0 bridgehead atoms. The van der Waals surface area contributed by atoms with Gasteiger partial charge < -0.3 is 10.1 Å². The van der Waals surface area contributed by atoms with E-state index in [1.165, 1.54) is 45.6 Å². The van der Waals surface area contributed by atoms with Crippen molar-refractivity contribution in [3.05, 3.63) is 23.2 Å². The van der Waals surface area contributed by atoms with Gasteiger partial charge in [-0.25, -0.2) is 8.42 Å². The van der Waals surface area contributed by atoms with Gasteiger partial charge in [-0.1, -0.05) is 43.7 Å². The number of amides is 1. The van der Waals surface area contributed by atoms with Gasteiger partial charge >= 0.3 is 0 Å². The van der Waals surface area contributed by atoms with Crippen LogP contribution in [0.15, 0.2) is 23.1 Å². The molecule has 0 radical (unpaired) electrons. The molecule has 1 fully saturated rings. The lowest BCUT2D eigenvalue weighted by atomic mass is 9.97. The van der Waals surface area contributed by atoms with Crippen LogP contribution in [0.5, 0.6) is 5.75 Å². The zero-order chi connectivity index (χ0) is 19.2. The number of halogens is 1. The second-order valence-corrected chi connectivity index (χ2v) is 9.12. The monoisotopic (exact) mass is 402 g/mol. The molecule has 1 amide bonds. The first-order chi connectivity index (χ1) is 12.3. The average Bonchev–Trinajstić information content (AvgIpc) is 2.57. The predicted octanol–water partition coefficient (Wildman–Crippen LogP) is 3.20. The maximum absolute atomic E-state index is 12.8. The molecule has 146 valence electrons. The fourth-order valence-corrected chi connectivity index (χ4v) is 4.72. The van der Waals surface area contributed by atoms with Gasteiger partial charge in [-0.2, -0.15) is 4.31 Å². The van der Waals surface area contributed by atoms with E-state index in [9.17, 15) is 13.2 Å². The van der Waals surface area contributed by atoms with Crippen LogP contribution >= 0.6 is 11.6 Å². The zero-order valence-electron chi connectivity index (χ0n) is 15.3. The van der Waals surface area contributed by atoms with Gasteiger partial charge in [-0.05, 0) is 31.0 Å². The summed E-state index contributed by atoms with van der Waals surface area (Å²) >= 11 is 5.93. The number of ether oxygens (including phenoxy) is 1. The van der Waals surface area contributed by atoms with Crippen LogP contribution < -0.4 is 10.1 Å². The Morgan fingerprint density at radius 2 is 1.85 bits per heavy atom. The highest BCUT2D eigenvalue weighted by Crippen LogP contribution is 2.29. The van der Waals surface area contributed by atoms with Gasteiger partial charge in [0.05, 0.1) is 13.7 Å². The molecule has 0 saturated heterocycles. The topological polar surface area (TPSA) is 75.7 Å². The summed E-state index contributed by atoms with van der Waals surface area (Å²) in [5, 5.41) is 3.27. The SMILES string of the molecule is COc1ccc(Cl)cc1S(=O)(=O)N(C)CC(=O)NC1CCCCCCC1. The normalized spacial score (nSPS) is 16.8. The number of nitrogens with one attached hydrogen (secondary N) is 1. The molecule has 8 heteroatoms. The quantitative estimate of drug-likeness (QED) is 0.792. The summed E-state index contributed by atoms with van der Waals surface area (Å²) in [4.78, 5) is 12.3. The standard InChI is InChI=1S/C18H27ClN2O4S/c1-21(13-18(22)20-15-8-6-4-3-5-7-9-15)26(23,24)17-12-14(19)10-11-16(17)25-2/h10-12,15H,3-9,13H2,1-2H3,(H,20,22). The minimum absolute atomic E-state index is 0.0475. The van der Waals surface area contributed by atoms with E-state index < -0.39 is 10.0 Å². The molecule has 0 aromatic heterocycles. The first kappa shape index (κ1) is 21.0. The summed E-state index contributed by atoms with van der Waals surface area (Å²) < 4.78 is 31.8. The maximum Gasteiger partial charge on any atom is 0.247 e. The summed E-state index contributed by atoms with van der Waals surface area (Å²) in [7, 11) is -1.12. The van der Waals surface area contributed by atoms with Gasteiger partial charge in [0.1, 0.15) is 10.6 Å². The highest BCUT2D eigenvalue weighted by Gasteiger charge is 2.27.